The zero-order valence-electron chi connectivity index (χ0n) is 34.2. The third kappa shape index (κ3) is 9.77. The zero-order chi connectivity index (χ0) is 42.5. The van der Waals surface area contributed by atoms with Crippen molar-refractivity contribution >= 4 is 56.7 Å². The number of piperidine rings is 2. The summed E-state index contributed by atoms with van der Waals surface area (Å²) in [6.45, 7) is 10.1. The molecule has 59 heavy (non-hydrogen) atoms. The normalized spacial score (nSPS) is 22.7. The first-order valence-corrected chi connectivity index (χ1v) is 22.6. The summed E-state index contributed by atoms with van der Waals surface area (Å²) in [5.74, 6) is -1.67. The molecule has 0 aliphatic carbocycles. The highest BCUT2D eigenvalue weighted by Crippen LogP contribution is 2.48. The van der Waals surface area contributed by atoms with E-state index in [1.807, 2.05) is 32.0 Å². The van der Waals surface area contributed by atoms with Crippen molar-refractivity contribution in [1.82, 2.24) is 20.0 Å². The summed E-state index contributed by atoms with van der Waals surface area (Å²) in [5, 5.41) is 5.61. The molecule has 1 spiro atoms. The molecule has 4 atom stereocenters. The van der Waals surface area contributed by atoms with E-state index in [0.29, 0.717) is 62.8 Å². The van der Waals surface area contributed by atoms with Crippen molar-refractivity contribution < 1.29 is 46.6 Å². The lowest BCUT2D eigenvalue weighted by atomic mass is 9.72. The highest BCUT2D eigenvalue weighted by atomic mass is 35.5. The highest BCUT2D eigenvalue weighted by molar-refractivity contribution is 7.92. The number of benzene rings is 2. The quantitative estimate of drug-likeness (QED) is 0.113. The number of amides is 5. The Morgan fingerprint density at radius 2 is 1.56 bits per heavy atom. The van der Waals surface area contributed by atoms with E-state index in [-0.39, 0.29) is 80.5 Å². The van der Waals surface area contributed by atoms with Crippen molar-refractivity contribution in [3.8, 4) is 0 Å². The van der Waals surface area contributed by atoms with Crippen LogP contribution in [0.1, 0.15) is 87.3 Å². The molecule has 3 saturated heterocycles. The highest BCUT2D eigenvalue weighted by Gasteiger charge is 2.61. The minimum Gasteiger partial charge on any atom is -0.382 e. The van der Waals surface area contributed by atoms with Crippen LogP contribution in [0.2, 0.25) is 5.02 Å². The van der Waals surface area contributed by atoms with E-state index in [0.717, 1.165) is 16.8 Å². The minimum atomic E-state index is -3.50. The molecule has 3 fully saturated rings. The zero-order valence-corrected chi connectivity index (χ0v) is 35.8. The molecule has 322 valence electrons. The van der Waals surface area contributed by atoms with Gasteiger partial charge in [0.05, 0.1) is 63.1 Å². The number of carbonyl (C=O) groups excluding carboxylic acids is 5. The molecule has 4 heterocycles. The molecule has 17 heteroatoms. The number of imide groups is 1. The molecule has 2 unspecified atom stereocenters. The molecule has 4 aliphatic heterocycles. The summed E-state index contributed by atoms with van der Waals surface area (Å²) in [5.41, 5.74) is 1.97. The van der Waals surface area contributed by atoms with Gasteiger partial charge >= 0.3 is 0 Å². The van der Waals surface area contributed by atoms with Crippen LogP contribution in [-0.4, -0.2) is 134 Å². The molecule has 4 aliphatic rings. The Morgan fingerprint density at radius 1 is 0.881 bits per heavy atom. The summed E-state index contributed by atoms with van der Waals surface area (Å²) in [7, 11) is -3.50. The van der Waals surface area contributed by atoms with Crippen LogP contribution in [0.3, 0.4) is 0 Å². The Kier molecular flexibility index (Phi) is 14.4. The molecule has 0 saturated carbocycles. The molecule has 2 aromatic rings. The first kappa shape index (κ1) is 44.5. The van der Waals surface area contributed by atoms with Crippen LogP contribution in [0.5, 0.6) is 0 Å². The van der Waals surface area contributed by atoms with Crippen molar-refractivity contribution in [2.45, 2.75) is 95.3 Å². The first-order chi connectivity index (χ1) is 28.1. The molecule has 6 rings (SSSR count). The Balaban J connectivity index is 0.920. The number of anilines is 1. The average Bonchev–Trinajstić information content (AvgIpc) is 3.52. The number of halogens is 1. The van der Waals surface area contributed by atoms with E-state index in [4.69, 9.17) is 25.8 Å². The fraction of sp³-hybridized carbons (Fsp3) is 0.595. The number of sulfone groups is 1. The van der Waals surface area contributed by atoms with Gasteiger partial charge in [-0.25, -0.2) is 8.42 Å². The van der Waals surface area contributed by atoms with Gasteiger partial charge in [-0.1, -0.05) is 43.6 Å². The lowest BCUT2D eigenvalue weighted by Gasteiger charge is -2.58. The van der Waals surface area contributed by atoms with E-state index in [9.17, 15) is 32.4 Å². The number of hydrogen-bond donors (Lipinski definition) is 2. The van der Waals surface area contributed by atoms with Gasteiger partial charge < -0.3 is 34.2 Å². The van der Waals surface area contributed by atoms with Gasteiger partial charge in [0, 0.05) is 53.9 Å². The van der Waals surface area contributed by atoms with E-state index < -0.39 is 38.6 Å². The van der Waals surface area contributed by atoms with E-state index in [2.05, 4.69) is 10.6 Å². The Labute approximate surface area is 351 Å². The molecule has 2 N–H and O–H groups in total. The molecule has 0 radical (unpaired) electrons. The van der Waals surface area contributed by atoms with Crippen molar-refractivity contribution in [2.75, 3.05) is 63.8 Å². The lowest BCUT2D eigenvalue weighted by Crippen LogP contribution is -2.74. The van der Waals surface area contributed by atoms with E-state index in [1.165, 1.54) is 4.90 Å². The fourth-order valence-corrected chi connectivity index (χ4v) is 10.0. The predicted molar refractivity (Wildman–Crippen MR) is 220 cm³/mol. The van der Waals surface area contributed by atoms with Crippen molar-refractivity contribution in [1.29, 1.82) is 0 Å². The van der Waals surface area contributed by atoms with E-state index >= 15 is 0 Å². The van der Waals surface area contributed by atoms with Crippen LogP contribution in [0.4, 0.5) is 5.69 Å². The number of ether oxygens (including phenoxy) is 3. The fourth-order valence-electron chi connectivity index (χ4n) is 8.47. The lowest BCUT2D eigenvalue weighted by molar-refractivity contribution is -0.183. The molecule has 5 amide bonds. The van der Waals surface area contributed by atoms with Crippen molar-refractivity contribution in [3.05, 3.63) is 64.2 Å². The van der Waals surface area contributed by atoms with Crippen LogP contribution in [-0.2, 0) is 49.8 Å². The smallest absolute Gasteiger partial charge is 0.255 e. The SMILES string of the molecule is CC(C)C(CS(=O)(=O)C(C)C)N1C(=O)[C@]2(CC[C@H]1c1ccc(Cl)cc1)CC(=O)N2CCOCCOCCOCCNc1cccc2c1CN(C1CCC(=O)NC1=O)C2=O. The van der Waals surface area contributed by atoms with Crippen LogP contribution >= 0.6 is 11.6 Å². The summed E-state index contributed by atoms with van der Waals surface area (Å²) in [6.07, 6.45) is 1.60. The van der Waals surface area contributed by atoms with E-state index in [1.54, 1.807) is 47.9 Å². The largest absolute Gasteiger partial charge is 0.382 e. The number of fused-ring (bicyclic) bond motifs is 1. The minimum absolute atomic E-state index is 0.0758. The Morgan fingerprint density at radius 3 is 2.20 bits per heavy atom. The van der Waals surface area contributed by atoms with Gasteiger partial charge in [-0.2, -0.15) is 0 Å². The molecule has 0 aromatic heterocycles. The summed E-state index contributed by atoms with van der Waals surface area (Å²) in [6, 6.07) is 11.1. The number of likely N-dealkylation sites (tertiary alicyclic amines) is 2. The second-order valence-corrected chi connectivity index (χ2v) is 19.3. The first-order valence-electron chi connectivity index (χ1n) is 20.5. The predicted octanol–water partition coefficient (Wildman–Crippen LogP) is 3.75. The Bertz CT molecular complexity index is 2000. The van der Waals surface area contributed by atoms with Gasteiger partial charge in [0.25, 0.3) is 5.91 Å². The summed E-state index contributed by atoms with van der Waals surface area (Å²) in [4.78, 5) is 69.6. The maximum atomic E-state index is 14.7. The number of β-lactam (4-membered cyclic amide) rings is 1. The maximum Gasteiger partial charge on any atom is 0.255 e. The van der Waals surface area contributed by atoms with Gasteiger partial charge in [0.2, 0.25) is 23.6 Å². The maximum absolute atomic E-state index is 14.7. The summed E-state index contributed by atoms with van der Waals surface area (Å²) < 4.78 is 43.7. The number of rotatable bonds is 20. The molecule has 2 aromatic carbocycles. The van der Waals surface area contributed by atoms with Gasteiger partial charge in [-0.05, 0) is 68.9 Å². The molecule has 0 bridgehead atoms. The number of nitrogens with zero attached hydrogens (tertiary/aromatic N) is 3. The van der Waals surface area contributed by atoms with Crippen molar-refractivity contribution in [2.24, 2.45) is 5.92 Å². The summed E-state index contributed by atoms with van der Waals surface area (Å²) >= 11 is 6.19. The monoisotopic (exact) mass is 857 g/mol. The molecular formula is C42H56ClN5O10S. The topological polar surface area (TPSA) is 181 Å². The van der Waals surface area contributed by atoms with Crippen LogP contribution in [0, 0.1) is 5.92 Å². The molecule has 15 nitrogen and oxygen atoms in total. The molecular weight excluding hydrogens is 802 g/mol. The van der Waals surface area contributed by atoms with Gasteiger partial charge in [0.15, 0.2) is 9.84 Å². The van der Waals surface area contributed by atoms with Gasteiger partial charge in [-0.15, -0.1) is 0 Å². The van der Waals surface area contributed by atoms with Crippen LogP contribution < -0.4 is 10.6 Å². The van der Waals surface area contributed by atoms with Gasteiger partial charge in [0.1, 0.15) is 11.6 Å². The second kappa shape index (κ2) is 19.1. The Hall–Kier alpha value is -4.09. The average molecular weight is 858 g/mol. The number of nitrogens with one attached hydrogen (secondary N) is 2. The standard InChI is InChI=1S/C42H56ClN5O10S/c1-27(2)36(26-59(54,55)28(3)4)48-34(29-8-10-30(43)11-9-29)14-15-42(41(48)53)24-38(50)47(42)17-19-57-21-23-58-22-20-56-18-16-44-33-7-5-6-31-32(33)25-46(40(31)52)35-12-13-37(49)45-39(35)51/h5-11,27-28,34-36,44H,12-26H2,1-4H3,(H,45,49,51)/t34-,35?,36?,42-/m0/s1. The van der Waals surface area contributed by atoms with Crippen molar-refractivity contribution in [3.63, 3.8) is 0 Å². The third-order valence-electron chi connectivity index (χ3n) is 11.9. The van der Waals surface area contributed by atoms with Gasteiger partial charge in [-0.3, -0.25) is 29.3 Å². The van der Waals surface area contributed by atoms with Crippen LogP contribution in [0.15, 0.2) is 42.5 Å². The number of carbonyl (C=O) groups is 5. The second-order valence-electron chi connectivity index (χ2n) is 16.3. The number of hydrogen-bond acceptors (Lipinski definition) is 11. The van der Waals surface area contributed by atoms with Crippen LogP contribution in [0.25, 0.3) is 0 Å². The third-order valence-corrected chi connectivity index (χ3v) is 14.4.